The van der Waals surface area contributed by atoms with Gasteiger partial charge in [0.2, 0.25) is 11.8 Å². The third-order valence-electron chi connectivity index (χ3n) is 6.01. The predicted molar refractivity (Wildman–Crippen MR) is 99.4 cm³/mol. The van der Waals surface area contributed by atoms with Crippen LogP contribution in [0.5, 0.6) is 0 Å². The first-order valence-electron chi connectivity index (χ1n) is 9.05. The number of nitrogens with zero attached hydrogens (tertiary/aromatic N) is 2. The minimum absolute atomic E-state index is 0.117. The highest BCUT2D eigenvalue weighted by atomic mass is 16.2. The van der Waals surface area contributed by atoms with Crippen LogP contribution in [-0.2, 0) is 9.59 Å². The average Bonchev–Trinajstić information content (AvgIpc) is 3.17. The van der Waals surface area contributed by atoms with Gasteiger partial charge in [0.15, 0.2) is 5.78 Å². The van der Waals surface area contributed by atoms with Gasteiger partial charge in [-0.2, -0.15) is 0 Å². The molecule has 0 bridgehead atoms. The Balaban J connectivity index is 1.67. The van der Waals surface area contributed by atoms with Crippen molar-refractivity contribution < 1.29 is 14.4 Å². The Labute approximate surface area is 156 Å². The lowest BCUT2D eigenvalue weighted by atomic mass is 9.83. The van der Waals surface area contributed by atoms with Crippen molar-refractivity contribution in [2.75, 3.05) is 7.05 Å². The third-order valence-corrected chi connectivity index (χ3v) is 6.01. The smallest absolute Gasteiger partial charge is 0.235 e. The van der Waals surface area contributed by atoms with E-state index in [2.05, 4.69) is 0 Å². The molecule has 0 aliphatic carbocycles. The number of hydrogen-bond donors (Lipinski definition) is 0. The molecule has 0 saturated carbocycles. The first-order valence-corrected chi connectivity index (χ1v) is 9.05. The molecule has 0 N–H and O–H groups in total. The molecule has 0 radical (unpaired) electrons. The molecule has 3 aliphatic heterocycles. The van der Waals surface area contributed by atoms with Gasteiger partial charge in [0.25, 0.3) is 0 Å². The van der Waals surface area contributed by atoms with E-state index in [0.717, 1.165) is 11.1 Å². The number of carbonyl (C=O) groups is 3. The molecule has 3 heterocycles. The maximum Gasteiger partial charge on any atom is 0.235 e. The minimum Gasteiger partial charge on any atom is -0.358 e. The van der Waals surface area contributed by atoms with Gasteiger partial charge >= 0.3 is 0 Å². The molecule has 4 atom stereocenters. The SMILES string of the molecule is CN1C(=O)[C@@H]2[C@H](C1=O)[C@H]1c3ccccc3C=CN1[C@@H]2C(=O)c1ccccc1. The Morgan fingerprint density at radius 2 is 1.56 bits per heavy atom. The summed E-state index contributed by atoms with van der Waals surface area (Å²) in [6.07, 6.45) is 3.83. The van der Waals surface area contributed by atoms with E-state index in [1.165, 1.54) is 11.9 Å². The molecule has 2 saturated heterocycles. The second-order valence-electron chi connectivity index (χ2n) is 7.30. The van der Waals surface area contributed by atoms with Crippen LogP contribution < -0.4 is 0 Å². The van der Waals surface area contributed by atoms with E-state index in [1.54, 1.807) is 12.1 Å². The highest BCUT2D eigenvalue weighted by Gasteiger charge is 2.63. The fourth-order valence-electron chi connectivity index (χ4n) is 4.78. The van der Waals surface area contributed by atoms with E-state index >= 15 is 0 Å². The summed E-state index contributed by atoms with van der Waals surface area (Å²) in [6, 6.07) is 15.9. The summed E-state index contributed by atoms with van der Waals surface area (Å²) in [6.45, 7) is 0. The molecule has 2 aromatic rings. The Hall–Kier alpha value is -3.21. The first kappa shape index (κ1) is 16.0. The molecule has 2 amide bonds. The summed E-state index contributed by atoms with van der Waals surface area (Å²) in [7, 11) is 1.52. The zero-order valence-electron chi connectivity index (χ0n) is 14.8. The molecule has 134 valence electrons. The maximum atomic E-state index is 13.4. The van der Waals surface area contributed by atoms with E-state index in [-0.39, 0.29) is 23.6 Å². The van der Waals surface area contributed by atoms with Gasteiger partial charge in [-0.25, -0.2) is 0 Å². The van der Waals surface area contributed by atoms with Crippen LogP contribution in [0, 0.1) is 11.8 Å². The Bertz CT molecular complexity index is 998. The number of imide groups is 1. The van der Waals surface area contributed by atoms with Crippen LogP contribution in [-0.4, -0.2) is 40.5 Å². The number of ketones is 1. The van der Waals surface area contributed by atoms with Crippen LogP contribution in [0.2, 0.25) is 0 Å². The van der Waals surface area contributed by atoms with Crippen molar-refractivity contribution in [3.8, 4) is 0 Å². The molecule has 5 heteroatoms. The van der Waals surface area contributed by atoms with Gasteiger partial charge in [-0.3, -0.25) is 19.3 Å². The highest BCUT2D eigenvalue weighted by Crippen LogP contribution is 2.52. The molecule has 0 spiro atoms. The number of benzene rings is 2. The zero-order valence-corrected chi connectivity index (χ0v) is 14.8. The quantitative estimate of drug-likeness (QED) is 0.611. The second kappa shape index (κ2) is 5.64. The fourth-order valence-corrected chi connectivity index (χ4v) is 4.78. The minimum atomic E-state index is -0.673. The molecule has 2 fully saturated rings. The van der Waals surface area contributed by atoms with Gasteiger partial charge in [-0.1, -0.05) is 54.6 Å². The van der Waals surface area contributed by atoms with Crippen LogP contribution >= 0.6 is 0 Å². The second-order valence-corrected chi connectivity index (χ2v) is 7.30. The predicted octanol–water partition coefficient (Wildman–Crippen LogP) is 2.51. The van der Waals surface area contributed by atoms with Gasteiger partial charge in [-0.05, 0) is 17.2 Å². The molecule has 0 aromatic heterocycles. The molecular formula is C22H18N2O3. The Kier molecular flexibility index (Phi) is 3.34. The summed E-state index contributed by atoms with van der Waals surface area (Å²) in [5.41, 5.74) is 2.58. The maximum absolute atomic E-state index is 13.4. The van der Waals surface area contributed by atoms with Crippen LogP contribution in [0.3, 0.4) is 0 Å². The number of carbonyl (C=O) groups excluding carboxylic acids is 3. The zero-order chi connectivity index (χ0) is 18.7. The lowest BCUT2D eigenvalue weighted by Gasteiger charge is -2.35. The van der Waals surface area contributed by atoms with Crippen LogP contribution in [0.4, 0.5) is 0 Å². The Morgan fingerprint density at radius 3 is 2.33 bits per heavy atom. The van der Waals surface area contributed by atoms with E-state index < -0.39 is 17.9 Å². The van der Waals surface area contributed by atoms with Crippen molar-refractivity contribution in [1.29, 1.82) is 0 Å². The van der Waals surface area contributed by atoms with E-state index in [4.69, 9.17) is 0 Å². The summed E-state index contributed by atoms with van der Waals surface area (Å²) < 4.78 is 0. The number of fused-ring (bicyclic) bond motifs is 5. The van der Waals surface area contributed by atoms with Gasteiger partial charge in [-0.15, -0.1) is 0 Å². The molecule has 5 nitrogen and oxygen atoms in total. The van der Waals surface area contributed by atoms with E-state index in [9.17, 15) is 14.4 Å². The third kappa shape index (κ3) is 2.08. The van der Waals surface area contributed by atoms with Gasteiger partial charge < -0.3 is 4.90 Å². The number of amides is 2. The van der Waals surface area contributed by atoms with Gasteiger partial charge in [0, 0.05) is 18.8 Å². The number of likely N-dealkylation sites (tertiary alicyclic amines) is 1. The van der Waals surface area contributed by atoms with Crippen molar-refractivity contribution in [1.82, 2.24) is 9.80 Å². The first-order chi connectivity index (χ1) is 13.1. The number of rotatable bonds is 2. The summed E-state index contributed by atoms with van der Waals surface area (Å²) in [5.74, 6) is -1.77. The van der Waals surface area contributed by atoms with Gasteiger partial charge in [0.1, 0.15) is 6.04 Å². The molecule has 2 aromatic carbocycles. The van der Waals surface area contributed by atoms with Gasteiger partial charge in [0.05, 0.1) is 17.9 Å². The summed E-state index contributed by atoms with van der Waals surface area (Å²) in [4.78, 5) is 42.3. The summed E-state index contributed by atoms with van der Waals surface area (Å²) in [5, 5.41) is 0. The largest absolute Gasteiger partial charge is 0.358 e. The lowest BCUT2D eigenvalue weighted by Crippen LogP contribution is -2.43. The molecule has 27 heavy (non-hydrogen) atoms. The molecule has 5 rings (SSSR count). The van der Waals surface area contributed by atoms with E-state index in [0.29, 0.717) is 5.56 Å². The Morgan fingerprint density at radius 1 is 0.889 bits per heavy atom. The van der Waals surface area contributed by atoms with Crippen molar-refractivity contribution >= 4 is 23.7 Å². The molecule has 3 aliphatic rings. The number of Topliss-reactive ketones (excluding diaryl/α,β-unsaturated/α-hetero) is 1. The van der Waals surface area contributed by atoms with Crippen molar-refractivity contribution in [2.24, 2.45) is 11.8 Å². The van der Waals surface area contributed by atoms with Crippen molar-refractivity contribution in [3.05, 3.63) is 77.5 Å². The molecule has 0 unspecified atom stereocenters. The molecular weight excluding hydrogens is 340 g/mol. The fraction of sp³-hybridized carbons (Fsp3) is 0.227. The lowest BCUT2D eigenvalue weighted by molar-refractivity contribution is -0.139. The number of hydrogen-bond acceptors (Lipinski definition) is 4. The van der Waals surface area contributed by atoms with Crippen LogP contribution in [0.25, 0.3) is 6.08 Å². The standard InChI is InChI=1S/C22H18N2O3/c1-23-21(26)16-17(22(23)27)19(20(25)14-8-3-2-4-9-14)24-12-11-13-7-5-6-10-15(13)18(16)24/h2-12,16-19H,1H3/t16-,17+,18+,19-/m0/s1. The van der Waals surface area contributed by atoms with Crippen molar-refractivity contribution in [3.63, 3.8) is 0 Å². The normalized spacial score (nSPS) is 28.2. The summed E-state index contributed by atoms with van der Waals surface area (Å²) >= 11 is 0. The average molecular weight is 358 g/mol. The topological polar surface area (TPSA) is 57.7 Å². The van der Waals surface area contributed by atoms with E-state index in [1.807, 2.05) is 59.6 Å². The van der Waals surface area contributed by atoms with Crippen LogP contribution in [0.15, 0.2) is 60.8 Å². The highest BCUT2D eigenvalue weighted by molar-refractivity contribution is 6.11. The van der Waals surface area contributed by atoms with Crippen LogP contribution in [0.1, 0.15) is 27.5 Å². The van der Waals surface area contributed by atoms with Crippen molar-refractivity contribution in [2.45, 2.75) is 12.1 Å². The monoisotopic (exact) mass is 358 g/mol.